The third kappa shape index (κ3) is 7.00. The normalized spacial score (nSPS) is 18.6. The zero-order chi connectivity index (χ0) is 30.8. The van der Waals surface area contributed by atoms with Crippen LogP contribution in [-0.4, -0.2) is 44.0 Å². The Bertz CT molecular complexity index is 1690. The topological polar surface area (TPSA) is 114 Å². The van der Waals surface area contributed by atoms with Crippen LogP contribution in [0, 0.1) is 11.8 Å². The van der Waals surface area contributed by atoms with Crippen LogP contribution in [0.25, 0.3) is 16.8 Å². The standard InChI is InChI=1S/C35H41N7O3/c1-41-30(11-5-3-8-24-7-2-4-10-29(24)26-15-18-32(36-20-26)45-22-23-13-14-23)39-35(38-28-16-17-28)42-34(41)27(21-37-42)19-25-9-6-12-31(43)40-33(25)44/h2,4,7,10,15,18,20-21,23,25,28H,3,5-6,8-9,11-14,16-17,19,22H2,1H3,(H,40,43,44)/p+1. The number of amides is 2. The Kier molecular flexibility index (Phi) is 8.45. The second-order valence-electron chi connectivity index (χ2n) is 12.9. The zero-order valence-corrected chi connectivity index (χ0v) is 26.0. The Morgan fingerprint density at radius 2 is 1.84 bits per heavy atom. The lowest BCUT2D eigenvalue weighted by atomic mass is 9.95. The number of aryl methyl sites for hydroxylation is 3. The van der Waals surface area contributed by atoms with E-state index in [9.17, 15) is 9.59 Å². The molecule has 2 aliphatic carbocycles. The van der Waals surface area contributed by atoms with Gasteiger partial charge in [-0.05, 0) is 87.3 Å². The van der Waals surface area contributed by atoms with Crippen molar-refractivity contribution in [1.82, 2.24) is 24.9 Å². The summed E-state index contributed by atoms with van der Waals surface area (Å²) >= 11 is 0. The second kappa shape index (κ2) is 12.9. The second-order valence-corrected chi connectivity index (χ2v) is 12.9. The number of carbonyl (C=O) groups excluding carboxylic acids is 2. The van der Waals surface area contributed by atoms with E-state index >= 15 is 0 Å². The zero-order valence-electron chi connectivity index (χ0n) is 26.0. The largest absolute Gasteiger partial charge is 0.477 e. The molecule has 2 amide bonds. The molecule has 4 heterocycles. The number of hydrogen-bond acceptors (Lipinski definition) is 7. The quantitative estimate of drug-likeness (QED) is 0.130. The van der Waals surface area contributed by atoms with Gasteiger partial charge in [-0.25, -0.2) is 9.55 Å². The van der Waals surface area contributed by atoms with Gasteiger partial charge in [0.05, 0.1) is 19.9 Å². The Labute approximate surface area is 263 Å². The molecule has 1 aromatic carbocycles. The summed E-state index contributed by atoms with van der Waals surface area (Å²) in [7, 11) is 2.04. The molecule has 1 saturated heterocycles. The Morgan fingerprint density at radius 3 is 2.64 bits per heavy atom. The molecular weight excluding hydrogens is 566 g/mol. The Morgan fingerprint density at radius 1 is 1.00 bits per heavy atom. The summed E-state index contributed by atoms with van der Waals surface area (Å²) in [5.74, 6) is 2.55. The van der Waals surface area contributed by atoms with E-state index in [0.29, 0.717) is 43.5 Å². The van der Waals surface area contributed by atoms with Gasteiger partial charge in [0, 0.05) is 48.2 Å². The fraction of sp³-hybridized carbons (Fsp3) is 0.486. The van der Waals surface area contributed by atoms with Crippen molar-refractivity contribution in [2.75, 3.05) is 11.9 Å². The van der Waals surface area contributed by atoms with E-state index in [2.05, 4.69) is 50.5 Å². The fourth-order valence-corrected chi connectivity index (χ4v) is 6.26. The van der Waals surface area contributed by atoms with Gasteiger partial charge < -0.3 is 10.1 Å². The number of benzene rings is 1. The number of aromatic nitrogens is 5. The number of unbranched alkanes of at least 4 members (excludes halogenated alkanes) is 1. The fourth-order valence-electron chi connectivity index (χ4n) is 6.26. The maximum absolute atomic E-state index is 12.7. The predicted molar refractivity (Wildman–Crippen MR) is 170 cm³/mol. The monoisotopic (exact) mass is 608 g/mol. The molecule has 3 fully saturated rings. The van der Waals surface area contributed by atoms with Crippen molar-refractivity contribution in [2.24, 2.45) is 18.9 Å². The molecule has 10 nitrogen and oxygen atoms in total. The van der Waals surface area contributed by atoms with Crippen LogP contribution in [-0.2, 0) is 35.9 Å². The van der Waals surface area contributed by atoms with Crippen LogP contribution in [0.5, 0.6) is 5.88 Å². The molecule has 2 N–H and O–H groups in total. The van der Waals surface area contributed by atoms with Gasteiger partial charge in [-0.3, -0.25) is 14.9 Å². The molecular formula is C35H42N7O3+. The third-order valence-corrected chi connectivity index (χ3v) is 9.25. The van der Waals surface area contributed by atoms with Crippen LogP contribution < -0.4 is 19.9 Å². The highest BCUT2D eigenvalue weighted by atomic mass is 16.5. The SMILES string of the molecule is C[n+]1c(CCCCc2ccccc2-c2ccc(OCC3CC3)nc2)nc(NC2CC2)n2ncc(CC3CCCC(=O)NC3=O)c21. The molecule has 234 valence electrons. The minimum atomic E-state index is -0.248. The van der Waals surface area contributed by atoms with Crippen LogP contribution in [0.3, 0.4) is 0 Å². The van der Waals surface area contributed by atoms with E-state index in [1.54, 1.807) is 0 Å². The molecule has 0 radical (unpaired) electrons. The number of nitrogens with zero attached hydrogens (tertiary/aromatic N) is 5. The summed E-state index contributed by atoms with van der Waals surface area (Å²) in [5.41, 5.74) is 5.59. The summed E-state index contributed by atoms with van der Waals surface area (Å²) in [4.78, 5) is 34.2. The minimum Gasteiger partial charge on any atom is -0.477 e. The van der Waals surface area contributed by atoms with Crippen LogP contribution in [0.2, 0.25) is 0 Å². The first-order valence-electron chi connectivity index (χ1n) is 16.5. The van der Waals surface area contributed by atoms with Crippen LogP contribution in [0.1, 0.15) is 74.7 Å². The lowest BCUT2D eigenvalue weighted by Crippen LogP contribution is -2.39. The van der Waals surface area contributed by atoms with Crippen LogP contribution in [0.15, 0.2) is 48.8 Å². The van der Waals surface area contributed by atoms with E-state index in [-0.39, 0.29) is 17.7 Å². The van der Waals surface area contributed by atoms with Crippen molar-refractivity contribution in [1.29, 1.82) is 0 Å². The van der Waals surface area contributed by atoms with E-state index in [0.717, 1.165) is 73.7 Å². The lowest BCUT2D eigenvalue weighted by Gasteiger charge is -2.12. The molecule has 3 aliphatic rings. The van der Waals surface area contributed by atoms with Gasteiger partial charge in [0.15, 0.2) is 0 Å². The molecule has 1 aliphatic heterocycles. The molecule has 45 heavy (non-hydrogen) atoms. The molecule has 2 saturated carbocycles. The number of fused-ring (bicyclic) bond motifs is 1. The first-order valence-corrected chi connectivity index (χ1v) is 16.5. The lowest BCUT2D eigenvalue weighted by molar-refractivity contribution is -0.660. The highest BCUT2D eigenvalue weighted by Gasteiger charge is 2.31. The van der Waals surface area contributed by atoms with E-state index in [1.807, 2.05) is 30.0 Å². The first kappa shape index (κ1) is 29.4. The van der Waals surface area contributed by atoms with Gasteiger partial charge in [0.1, 0.15) is 0 Å². The minimum absolute atomic E-state index is 0.179. The number of hydrogen-bond donors (Lipinski definition) is 2. The highest BCUT2D eigenvalue weighted by Crippen LogP contribution is 2.30. The molecule has 7 rings (SSSR count). The number of anilines is 1. The van der Waals surface area contributed by atoms with Crippen molar-refractivity contribution in [2.45, 2.75) is 83.1 Å². The smallest absolute Gasteiger partial charge is 0.365 e. The highest BCUT2D eigenvalue weighted by molar-refractivity contribution is 5.97. The van der Waals surface area contributed by atoms with Gasteiger partial charge in [-0.15, -0.1) is 5.10 Å². The van der Waals surface area contributed by atoms with Crippen molar-refractivity contribution in [3.8, 4) is 17.0 Å². The summed E-state index contributed by atoms with van der Waals surface area (Å²) in [5, 5.41) is 10.8. The van der Waals surface area contributed by atoms with Crippen molar-refractivity contribution in [3.05, 3.63) is 65.7 Å². The average molecular weight is 609 g/mol. The van der Waals surface area contributed by atoms with Crippen molar-refractivity contribution < 1.29 is 18.9 Å². The van der Waals surface area contributed by atoms with Gasteiger partial charge in [0.25, 0.3) is 5.65 Å². The van der Waals surface area contributed by atoms with Gasteiger partial charge in [-0.2, -0.15) is 0 Å². The molecule has 4 aromatic rings. The molecule has 0 bridgehead atoms. The van der Waals surface area contributed by atoms with Gasteiger partial charge in [-0.1, -0.05) is 33.8 Å². The van der Waals surface area contributed by atoms with Gasteiger partial charge in [0.2, 0.25) is 23.5 Å². The number of rotatable bonds is 13. The van der Waals surface area contributed by atoms with Crippen LogP contribution in [0.4, 0.5) is 5.95 Å². The number of pyridine rings is 1. The van der Waals surface area contributed by atoms with E-state index in [4.69, 9.17) is 14.8 Å². The third-order valence-electron chi connectivity index (χ3n) is 9.25. The van der Waals surface area contributed by atoms with Crippen molar-refractivity contribution in [3.63, 3.8) is 0 Å². The van der Waals surface area contributed by atoms with Gasteiger partial charge >= 0.3 is 5.95 Å². The number of ether oxygens (including phenoxy) is 1. The Balaban J connectivity index is 1.05. The van der Waals surface area contributed by atoms with E-state index < -0.39 is 0 Å². The maximum atomic E-state index is 12.7. The predicted octanol–water partition coefficient (Wildman–Crippen LogP) is 4.53. The molecule has 3 aromatic heterocycles. The summed E-state index contributed by atoms with van der Waals surface area (Å²) in [6, 6.07) is 13.1. The Hall–Kier alpha value is -4.34. The van der Waals surface area contributed by atoms with Crippen LogP contribution >= 0.6 is 0 Å². The van der Waals surface area contributed by atoms with Crippen molar-refractivity contribution >= 4 is 23.4 Å². The average Bonchev–Trinajstić information content (AvgIpc) is 3.99. The molecule has 1 unspecified atom stereocenters. The molecule has 0 spiro atoms. The number of imide groups is 1. The number of carbonyl (C=O) groups is 2. The summed E-state index contributed by atoms with van der Waals surface area (Å²) < 4.78 is 9.85. The first-order chi connectivity index (χ1) is 22.0. The maximum Gasteiger partial charge on any atom is 0.365 e. The molecule has 10 heteroatoms. The number of nitrogens with one attached hydrogen (secondary N) is 2. The molecule has 1 atom stereocenters. The summed E-state index contributed by atoms with van der Waals surface area (Å²) in [6.07, 6.45) is 14.7. The van der Waals surface area contributed by atoms with E-state index in [1.165, 1.54) is 24.0 Å². The summed E-state index contributed by atoms with van der Waals surface area (Å²) in [6.45, 7) is 0.767.